The Labute approximate surface area is 126 Å². The molecule has 0 fully saturated rings. The minimum absolute atomic E-state index is 0.0727. The predicted octanol–water partition coefficient (Wildman–Crippen LogP) is 2.99. The Morgan fingerprint density at radius 3 is 2.86 bits per heavy atom. The Morgan fingerprint density at radius 1 is 1.43 bits per heavy atom. The van der Waals surface area contributed by atoms with Gasteiger partial charge < -0.3 is 10.1 Å². The van der Waals surface area contributed by atoms with Crippen LogP contribution in [0.3, 0.4) is 0 Å². The highest BCUT2D eigenvalue weighted by atomic mass is 35.5. The second-order valence-electron chi connectivity index (χ2n) is 4.36. The fourth-order valence-electron chi connectivity index (χ4n) is 1.86. The zero-order valence-electron chi connectivity index (χ0n) is 11.3. The van der Waals surface area contributed by atoms with Gasteiger partial charge in [0.15, 0.2) is 0 Å². The lowest BCUT2D eigenvalue weighted by Crippen LogP contribution is -2.32. The number of pyridine rings is 1. The quantitative estimate of drug-likeness (QED) is 0.924. The van der Waals surface area contributed by atoms with Crippen LogP contribution in [0.25, 0.3) is 0 Å². The molecule has 0 saturated carbocycles. The van der Waals surface area contributed by atoms with Gasteiger partial charge in [0.2, 0.25) is 0 Å². The number of methoxy groups -OCH3 is 1. The number of nitrogens with one attached hydrogen (secondary N) is 1. The Morgan fingerprint density at radius 2 is 2.24 bits per heavy atom. The van der Waals surface area contributed by atoms with Crippen molar-refractivity contribution in [1.29, 1.82) is 0 Å². The van der Waals surface area contributed by atoms with Gasteiger partial charge in [0.1, 0.15) is 5.82 Å². The lowest BCUT2D eigenvalue weighted by Gasteiger charge is -2.17. The first-order chi connectivity index (χ1) is 10.1. The molecule has 6 heteroatoms. The zero-order chi connectivity index (χ0) is 15.2. The van der Waals surface area contributed by atoms with Gasteiger partial charge in [-0.2, -0.15) is 0 Å². The standard InChI is InChI=1S/C15H14ClFN2O2/c1-21-9-14(13-4-2-3-7-18-13)19-15(20)11-6-5-10(16)8-12(11)17/h2-8,14H,9H2,1H3,(H,19,20)/t14-/m0/s1. The van der Waals surface area contributed by atoms with Crippen LogP contribution in [-0.2, 0) is 4.74 Å². The second-order valence-corrected chi connectivity index (χ2v) is 4.80. The highest BCUT2D eigenvalue weighted by Crippen LogP contribution is 2.16. The molecule has 0 radical (unpaired) electrons. The molecule has 1 atom stereocenters. The van der Waals surface area contributed by atoms with Gasteiger partial charge >= 0.3 is 0 Å². The number of benzene rings is 1. The average Bonchev–Trinajstić information content (AvgIpc) is 2.47. The Kier molecular flexibility index (Phi) is 5.25. The van der Waals surface area contributed by atoms with E-state index in [1.54, 1.807) is 24.4 Å². The topological polar surface area (TPSA) is 51.2 Å². The Bertz CT molecular complexity index is 622. The van der Waals surface area contributed by atoms with Crippen molar-refractivity contribution in [1.82, 2.24) is 10.3 Å². The van der Waals surface area contributed by atoms with Crippen LogP contribution in [0, 0.1) is 5.82 Å². The molecule has 110 valence electrons. The van der Waals surface area contributed by atoms with Gasteiger partial charge in [0.25, 0.3) is 5.91 Å². The molecule has 2 rings (SSSR count). The van der Waals surface area contributed by atoms with Crippen molar-refractivity contribution in [3.05, 3.63) is 64.7 Å². The molecule has 21 heavy (non-hydrogen) atoms. The molecule has 0 spiro atoms. The van der Waals surface area contributed by atoms with Crippen LogP contribution in [0.1, 0.15) is 22.1 Å². The number of aromatic nitrogens is 1. The molecule has 0 bridgehead atoms. The van der Waals surface area contributed by atoms with Gasteiger partial charge in [-0.15, -0.1) is 0 Å². The van der Waals surface area contributed by atoms with Crippen molar-refractivity contribution in [3.63, 3.8) is 0 Å². The van der Waals surface area contributed by atoms with Gasteiger partial charge in [-0.05, 0) is 30.3 Å². The predicted molar refractivity (Wildman–Crippen MR) is 77.7 cm³/mol. The van der Waals surface area contributed by atoms with Crippen molar-refractivity contribution in [2.75, 3.05) is 13.7 Å². The van der Waals surface area contributed by atoms with Gasteiger partial charge in [-0.3, -0.25) is 9.78 Å². The number of hydrogen-bond donors (Lipinski definition) is 1. The molecule has 1 heterocycles. The van der Waals surface area contributed by atoms with E-state index in [1.807, 2.05) is 0 Å². The molecular weight excluding hydrogens is 295 g/mol. The highest BCUT2D eigenvalue weighted by molar-refractivity contribution is 6.30. The van der Waals surface area contributed by atoms with Crippen molar-refractivity contribution in [2.24, 2.45) is 0 Å². The SMILES string of the molecule is COC[C@H](NC(=O)c1ccc(Cl)cc1F)c1ccccn1. The van der Waals surface area contributed by atoms with E-state index < -0.39 is 17.8 Å². The first-order valence-electron chi connectivity index (χ1n) is 6.27. The van der Waals surface area contributed by atoms with E-state index in [0.29, 0.717) is 5.69 Å². The number of amides is 1. The molecule has 0 aliphatic heterocycles. The van der Waals surface area contributed by atoms with Gasteiger partial charge in [-0.1, -0.05) is 17.7 Å². The summed E-state index contributed by atoms with van der Waals surface area (Å²) >= 11 is 5.67. The summed E-state index contributed by atoms with van der Waals surface area (Å²) in [5, 5.41) is 2.94. The van der Waals surface area contributed by atoms with E-state index >= 15 is 0 Å². The molecule has 4 nitrogen and oxygen atoms in total. The largest absolute Gasteiger partial charge is 0.382 e. The van der Waals surface area contributed by atoms with Crippen LogP contribution >= 0.6 is 11.6 Å². The molecule has 0 unspecified atom stereocenters. The third-order valence-corrected chi connectivity index (χ3v) is 3.09. The van der Waals surface area contributed by atoms with Gasteiger partial charge in [0, 0.05) is 18.3 Å². The third-order valence-electron chi connectivity index (χ3n) is 2.86. The number of hydrogen-bond acceptors (Lipinski definition) is 3. The molecule has 1 amide bonds. The summed E-state index contributed by atoms with van der Waals surface area (Å²) in [7, 11) is 1.52. The van der Waals surface area contributed by atoms with E-state index in [-0.39, 0.29) is 17.2 Å². The molecular formula is C15H14ClFN2O2. The Hall–Kier alpha value is -1.98. The molecule has 1 N–H and O–H groups in total. The molecule has 1 aromatic carbocycles. The van der Waals surface area contributed by atoms with Gasteiger partial charge in [0.05, 0.1) is 23.9 Å². The molecule has 2 aromatic rings. The molecule has 1 aromatic heterocycles. The smallest absolute Gasteiger partial charge is 0.254 e. The maximum absolute atomic E-state index is 13.7. The summed E-state index contributed by atoms with van der Waals surface area (Å²) in [6, 6.07) is 8.79. The van der Waals surface area contributed by atoms with E-state index in [4.69, 9.17) is 16.3 Å². The normalized spacial score (nSPS) is 12.0. The van der Waals surface area contributed by atoms with E-state index in [0.717, 1.165) is 6.07 Å². The van der Waals surface area contributed by atoms with E-state index in [2.05, 4.69) is 10.3 Å². The molecule has 0 aliphatic carbocycles. The molecule has 0 saturated heterocycles. The summed E-state index contributed by atoms with van der Waals surface area (Å²) in [5.41, 5.74) is 0.568. The Balaban J connectivity index is 2.18. The molecule has 0 aliphatic rings. The summed E-state index contributed by atoms with van der Waals surface area (Å²) in [6.07, 6.45) is 1.62. The first kappa shape index (κ1) is 15.4. The van der Waals surface area contributed by atoms with Crippen LogP contribution in [0.2, 0.25) is 5.02 Å². The van der Waals surface area contributed by atoms with Crippen molar-refractivity contribution in [2.45, 2.75) is 6.04 Å². The van der Waals surface area contributed by atoms with Crippen LogP contribution in [0.5, 0.6) is 0 Å². The third kappa shape index (κ3) is 4.00. The minimum atomic E-state index is -0.669. The number of rotatable bonds is 5. The number of carbonyl (C=O) groups is 1. The van der Waals surface area contributed by atoms with Crippen LogP contribution < -0.4 is 5.32 Å². The fraction of sp³-hybridized carbons (Fsp3) is 0.200. The van der Waals surface area contributed by atoms with Gasteiger partial charge in [-0.25, -0.2) is 4.39 Å². The lowest BCUT2D eigenvalue weighted by atomic mass is 10.1. The van der Waals surface area contributed by atoms with Crippen molar-refractivity contribution in [3.8, 4) is 0 Å². The lowest BCUT2D eigenvalue weighted by molar-refractivity contribution is 0.0890. The maximum atomic E-state index is 13.7. The number of nitrogens with zero attached hydrogens (tertiary/aromatic N) is 1. The van der Waals surface area contributed by atoms with Crippen molar-refractivity contribution >= 4 is 17.5 Å². The zero-order valence-corrected chi connectivity index (χ0v) is 12.1. The highest BCUT2D eigenvalue weighted by Gasteiger charge is 2.19. The summed E-state index contributed by atoms with van der Waals surface area (Å²) < 4.78 is 18.8. The summed E-state index contributed by atoms with van der Waals surface area (Å²) in [4.78, 5) is 16.3. The van der Waals surface area contributed by atoms with Crippen LogP contribution in [0.15, 0.2) is 42.6 Å². The van der Waals surface area contributed by atoms with E-state index in [1.165, 1.54) is 19.2 Å². The fourth-order valence-corrected chi connectivity index (χ4v) is 2.02. The first-order valence-corrected chi connectivity index (χ1v) is 6.65. The van der Waals surface area contributed by atoms with Crippen LogP contribution in [0.4, 0.5) is 4.39 Å². The summed E-state index contributed by atoms with van der Waals surface area (Å²) in [5.74, 6) is -1.21. The van der Waals surface area contributed by atoms with E-state index in [9.17, 15) is 9.18 Å². The monoisotopic (exact) mass is 308 g/mol. The number of halogens is 2. The average molecular weight is 309 g/mol. The number of carbonyl (C=O) groups excluding carboxylic acids is 1. The van der Waals surface area contributed by atoms with Crippen LogP contribution in [-0.4, -0.2) is 24.6 Å². The second kappa shape index (κ2) is 7.15. The van der Waals surface area contributed by atoms with Crippen molar-refractivity contribution < 1.29 is 13.9 Å². The summed E-state index contributed by atoms with van der Waals surface area (Å²) in [6.45, 7) is 0.234. The number of ether oxygens (including phenoxy) is 1. The maximum Gasteiger partial charge on any atom is 0.254 e. The minimum Gasteiger partial charge on any atom is -0.382 e.